The summed E-state index contributed by atoms with van der Waals surface area (Å²) in [6, 6.07) is 11.1. The van der Waals surface area contributed by atoms with E-state index < -0.39 is 0 Å². The Morgan fingerprint density at radius 1 is 1.21 bits per heavy atom. The Morgan fingerprint density at radius 3 is 2.48 bits per heavy atom. The Kier molecular flexibility index (Phi) is 6.60. The summed E-state index contributed by atoms with van der Waals surface area (Å²) in [5.74, 6) is 0.130. The molecule has 1 fully saturated rings. The summed E-state index contributed by atoms with van der Waals surface area (Å²) in [5.41, 5.74) is 7.18. The lowest BCUT2D eigenvalue weighted by atomic mass is 9.97. The molecule has 0 atom stereocenters. The number of carbonyl (C=O) groups is 1. The van der Waals surface area contributed by atoms with Gasteiger partial charge in [0.1, 0.15) is 28.5 Å². The highest BCUT2D eigenvalue weighted by molar-refractivity contribution is 8.00. The van der Waals surface area contributed by atoms with E-state index in [1.807, 2.05) is 13.1 Å². The largest absolute Gasteiger partial charge is 0.383 e. The SMILES string of the molecule is CN1CCN(C(=O)CSc2nc(N)c(C#N)c(-c3ccccc3Cl)c2C#N)CC1. The van der Waals surface area contributed by atoms with Crippen LogP contribution in [0.15, 0.2) is 29.3 Å². The molecule has 1 aromatic heterocycles. The number of aromatic nitrogens is 1. The molecule has 2 aromatic rings. The highest BCUT2D eigenvalue weighted by Gasteiger charge is 2.24. The first-order valence-electron chi connectivity index (χ1n) is 8.94. The van der Waals surface area contributed by atoms with Crippen LogP contribution in [0.1, 0.15) is 11.1 Å². The van der Waals surface area contributed by atoms with Crippen LogP contribution in [0.5, 0.6) is 0 Å². The van der Waals surface area contributed by atoms with Gasteiger partial charge in [0, 0.05) is 42.3 Å². The summed E-state index contributed by atoms with van der Waals surface area (Å²) < 4.78 is 0. The van der Waals surface area contributed by atoms with Gasteiger partial charge in [-0.25, -0.2) is 4.98 Å². The number of halogens is 1. The Balaban J connectivity index is 1.94. The monoisotopic (exact) mass is 426 g/mol. The zero-order chi connectivity index (χ0) is 21.0. The predicted octanol–water partition coefficient (Wildman–Crippen LogP) is 2.59. The van der Waals surface area contributed by atoms with E-state index in [0.29, 0.717) is 34.3 Å². The number of likely N-dealkylation sites (N-methyl/N-ethyl adjacent to an activating group) is 1. The lowest BCUT2D eigenvalue weighted by molar-refractivity contribution is -0.129. The molecule has 0 unspecified atom stereocenters. The zero-order valence-corrected chi connectivity index (χ0v) is 17.4. The van der Waals surface area contributed by atoms with Gasteiger partial charge in [-0.15, -0.1) is 0 Å². The minimum absolute atomic E-state index is 0.0102. The molecule has 1 saturated heterocycles. The fourth-order valence-corrected chi connectivity index (χ4v) is 4.24. The van der Waals surface area contributed by atoms with Gasteiger partial charge in [-0.1, -0.05) is 41.6 Å². The second-order valence-corrected chi connectivity index (χ2v) is 7.97. The number of rotatable bonds is 4. The summed E-state index contributed by atoms with van der Waals surface area (Å²) >= 11 is 7.46. The minimum atomic E-state index is -0.0176. The smallest absolute Gasteiger partial charge is 0.233 e. The molecule has 0 radical (unpaired) electrons. The van der Waals surface area contributed by atoms with Crippen LogP contribution in [0.25, 0.3) is 11.1 Å². The van der Waals surface area contributed by atoms with E-state index in [4.69, 9.17) is 17.3 Å². The van der Waals surface area contributed by atoms with Gasteiger partial charge >= 0.3 is 0 Å². The van der Waals surface area contributed by atoms with Crippen molar-refractivity contribution in [3.63, 3.8) is 0 Å². The summed E-state index contributed by atoms with van der Waals surface area (Å²) in [6.45, 7) is 3.01. The summed E-state index contributed by atoms with van der Waals surface area (Å²) in [4.78, 5) is 20.8. The quantitative estimate of drug-likeness (QED) is 0.748. The van der Waals surface area contributed by atoms with Crippen LogP contribution in [0.2, 0.25) is 5.02 Å². The summed E-state index contributed by atoms with van der Waals surface area (Å²) in [6.07, 6.45) is 0. The third-order valence-corrected chi connectivity index (χ3v) is 6.04. The predicted molar refractivity (Wildman–Crippen MR) is 113 cm³/mol. The van der Waals surface area contributed by atoms with Crippen molar-refractivity contribution >= 4 is 35.1 Å². The number of piperazine rings is 1. The van der Waals surface area contributed by atoms with Crippen molar-refractivity contribution in [1.29, 1.82) is 10.5 Å². The number of nitrogen functional groups attached to an aromatic ring is 1. The van der Waals surface area contributed by atoms with Crippen LogP contribution in [0.4, 0.5) is 5.82 Å². The van der Waals surface area contributed by atoms with E-state index in [1.165, 1.54) is 0 Å². The molecule has 148 valence electrons. The average molecular weight is 427 g/mol. The number of nitriles is 2. The Labute approximate surface area is 178 Å². The fourth-order valence-electron chi connectivity index (χ4n) is 3.11. The van der Waals surface area contributed by atoms with Crippen molar-refractivity contribution in [2.75, 3.05) is 44.7 Å². The summed E-state index contributed by atoms with van der Waals surface area (Å²) in [7, 11) is 2.02. The first-order chi connectivity index (χ1) is 14.0. The van der Waals surface area contributed by atoms with Crippen LogP contribution in [0, 0.1) is 22.7 Å². The molecule has 3 rings (SSSR count). The number of benzene rings is 1. The lowest BCUT2D eigenvalue weighted by Crippen LogP contribution is -2.47. The van der Waals surface area contributed by atoms with Crippen molar-refractivity contribution in [3.8, 4) is 23.3 Å². The molecule has 2 N–H and O–H groups in total. The average Bonchev–Trinajstić information content (AvgIpc) is 2.72. The van der Waals surface area contributed by atoms with Gasteiger partial charge in [0.25, 0.3) is 0 Å². The Hall–Kier alpha value is -2.78. The molecule has 1 aromatic carbocycles. The van der Waals surface area contributed by atoms with Crippen molar-refractivity contribution < 1.29 is 4.79 Å². The molecule has 0 saturated carbocycles. The maximum Gasteiger partial charge on any atom is 0.233 e. The standard InChI is InChI=1S/C20H19ClN6OS/c1-26-6-8-27(9-7-26)17(28)12-29-20-15(11-23)18(14(10-22)19(24)25-20)13-4-2-3-5-16(13)21/h2-5H,6-9,12H2,1H3,(H2,24,25). The highest BCUT2D eigenvalue weighted by Crippen LogP contribution is 2.38. The van der Waals surface area contributed by atoms with Gasteiger partial charge in [-0.3, -0.25) is 4.79 Å². The van der Waals surface area contributed by atoms with Gasteiger partial charge in [-0.05, 0) is 13.1 Å². The van der Waals surface area contributed by atoms with E-state index in [1.54, 1.807) is 29.2 Å². The minimum Gasteiger partial charge on any atom is -0.383 e. The zero-order valence-electron chi connectivity index (χ0n) is 15.9. The molecule has 0 bridgehead atoms. The molecule has 1 amide bonds. The van der Waals surface area contributed by atoms with Gasteiger partial charge in [-0.2, -0.15) is 10.5 Å². The molecule has 2 heterocycles. The van der Waals surface area contributed by atoms with Crippen LogP contribution < -0.4 is 5.73 Å². The summed E-state index contributed by atoms with van der Waals surface area (Å²) in [5, 5.41) is 20.1. The van der Waals surface area contributed by atoms with E-state index in [9.17, 15) is 15.3 Å². The van der Waals surface area contributed by atoms with Crippen molar-refractivity contribution in [2.24, 2.45) is 0 Å². The normalized spacial score (nSPS) is 14.3. The first-order valence-corrected chi connectivity index (χ1v) is 10.3. The molecule has 0 spiro atoms. The lowest BCUT2D eigenvalue weighted by Gasteiger charge is -2.32. The number of carbonyl (C=O) groups excluding carboxylic acids is 1. The highest BCUT2D eigenvalue weighted by atomic mass is 35.5. The first kappa shape index (κ1) is 20.9. The third-order valence-electron chi connectivity index (χ3n) is 4.75. The van der Waals surface area contributed by atoms with Crippen LogP contribution in [-0.2, 0) is 4.79 Å². The van der Waals surface area contributed by atoms with Gasteiger partial charge in [0.15, 0.2) is 0 Å². The maximum absolute atomic E-state index is 12.6. The second-order valence-electron chi connectivity index (χ2n) is 6.60. The second kappa shape index (κ2) is 9.15. The molecule has 1 aliphatic rings. The molecule has 9 heteroatoms. The van der Waals surface area contributed by atoms with E-state index in [0.717, 1.165) is 24.9 Å². The molecule has 7 nitrogen and oxygen atoms in total. The fraction of sp³-hybridized carbons (Fsp3) is 0.300. The Morgan fingerprint density at radius 2 is 1.86 bits per heavy atom. The third kappa shape index (κ3) is 4.46. The number of nitrogens with two attached hydrogens (primary N) is 1. The van der Waals surface area contributed by atoms with Gasteiger partial charge < -0.3 is 15.5 Å². The van der Waals surface area contributed by atoms with Crippen LogP contribution in [0.3, 0.4) is 0 Å². The molecular formula is C20H19ClN6OS. The molecule has 29 heavy (non-hydrogen) atoms. The van der Waals surface area contributed by atoms with Crippen molar-refractivity contribution in [1.82, 2.24) is 14.8 Å². The molecule has 1 aliphatic heterocycles. The van der Waals surface area contributed by atoms with E-state index in [-0.39, 0.29) is 28.6 Å². The van der Waals surface area contributed by atoms with E-state index >= 15 is 0 Å². The van der Waals surface area contributed by atoms with Gasteiger partial charge in [0.05, 0.1) is 11.3 Å². The van der Waals surface area contributed by atoms with Gasteiger partial charge in [0.2, 0.25) is 5.91 Å². The maximum atomic E-state index is 12.6. The number of pyridine rings is 1. The number of nitrogens with zero attached hydrogens (tertiary/aromatic N) is 5. The number of amides is 1. The number of anilines is 1. The van der Waals surface area contributed by atoms with E-state index in [2.05, 4.69) is 16.0 Å². The van der Waals surface area contributed by atoms with Crippen molar-refractivity contribution in [2.45, 2.75) is 5.03 Å². The number of hydrogen-bond donors (Lipinski definition) is 1. The van der Waals surface area contributed by atoms with Crippen LogP contribution >= 0.6 is 23.4 Å². The van der Waals surface area contributed by atoms with Crippen LogP contribution in [-0.4, -0.2) is 59.7 Å². The molecular weight excluding hydrogens is 408 g/mol. The van der Waals surface area contributed by atoms with Crippen molar-refractivity contribution in [3.05, 3.63) is 40.4 Å². The number of hydrogen-bond acceptors (Lipinski definition) is 7. The Bertz CT molecular complexity index is 1020. The number of thioether (sulfide) groups is 1. The molecule has 0 aliphatic carbocycles. The topological polar surface area (TPSA) is 110 Å².